The molecule has 2 fully saturated rings. The summed E-state index contributed by atoms with van der Waals surface area (Å²) in [6, 6.07) is 10.2. The molecule has 1 N–H and O–H groups in total. The Hall–Kier alpha value is -1.63. The molecule has 2 saturated heterocycles. The zero-order chi connectivity index (χ0) is 18.2. The van der Waals surface area contributed by atoms with Crippen molar-refractivity contribution < 1.29 is 19.0 Å². The highest BCUT2D eigenvalue weighted by Crippen LogP contribution is 2.23. The lowest BCUT2D eigenvalue weighted by atomic mass is 10.1. The van der Waals surface area contributed by atoms with Gasteiger partial charge in [0.1, 0.15) is 6.61 Å². The van der Waals surface area contributed by atoms with Crippen molar-refractivity contribution in [2.45, 2.75) is 57.1 Å². The van der Waals surface area contributed by atoms with Crippen molar-refractivity contribution in [2.75, 3.05) is 26.8 Å². The second kappa shape index (κ2) is 9.90. The maximum Gasteiger partial charge on any atom is 0.410 e. The van der Waals surface area contributed by atoms with Crippen molar-refractivity contribution in [2.24, 2.45) is 0 Å². The van der Waals surface area contributed by atoms with Crippen molar-refractivity contribution >= 4 is 6.09 Å². The summed E-state index contributed by atoms with van der Waals surface area (Å²) >= 11 is 0. The molecule has 2 aliphatic rings. The van der Waals surface area contributed by atoms with Gasteiger partial charge in [-0.25, -0.2) is 4.79 Å². The van der Waals surface area contributed by atoms with E-state index in [0.717, 1.165) is 44.3 Å². The minimum Gasteiger partial charge on any atom is -0.445 e. The van der Waals surface area contributed by atoms with Gasteiger partial charge in [-0.2, -0.15) is 0 Å². The largest absolute Gasteiger partial charge is 0.445 e. The number of rotatable bonds is 7. The molecule has 2 heterocycles. The number of amides is 1. The number of likely N-dealkylation sites (tertiary alicyclic amines) is 1. The van der Waals surface area contributed by atoms with E-state index in [4.69, 9.17) is 14.2 Å². The lowest BCUT2D eigenvalue weighted by Gasteiger charge is -2.26. The highest BCUT2D eigenvalue weighted by molar-refractivity contribution is 5.68. The fraction of sp³-hybridized carbons (Fsp3) is 0.650. The number of hydrogen-bond donors (Lipinski definition) is 1. The molecule has 6 heteroatoms. The van der Waals surface area contributed by atoms with Gasteiger partial charge in [-0.05, 0) is 44.7 Å². The Morgan fingerprint density at radius 2 is 2.15 bits per heavy atom. The summed E-state index contributed by atoms with van der Waals surface area (Å²) in [6.45, 7) is 2.37. The third-order valence-corrected chi connectivity index (χ3v) is 5.16. The fourth-order valence-electron chi connectivity index (χ4n) is 3.60. The van der Waals surface area contributed by atoms with Crippen molar-refractivity contribution in [3.63, 3.8) is 0 Å². The first-order chi connectivity index (χ1) is 12.8. The number of carbonyl (C=O) groups is 1. The minimum atomic E-state index is -0.245. The SMILES string of the molecule is CN[C@@H]1C[C@H](CCOC2CCCCO2)N(C(=O)OCc2ccccc2)C1. The van der Waals surface area contributed by atoms with E-state index in [1.54, 1.807) is 0 Å². The van der Waals surface area contributed by atoms with Gasteiger partial charge in [-0.1, -0.05) is 30.3 Å². The smallest absolute Gasteiger partial charge is 0.410 e. The molecular formula is C20H30N2O4. The van der Waals surface area contributed by atoms with Crippen LogP contribution in [0, 0.1) is 0 Å². The van der Waals surface area contributed by atoms with Crippen molar-refractivity contribution in [1.82, 2.24) is 10.2 Å². The molecule has 1 unspecified atom stereocenters. The van der Waals surface area contributed by atoms with Crippen LogP contribution >= 0.6 is 0 Å². The van der Waals surface area contributed by atoms with E-state index in [9.17, 15) is 4.79 Å². The van der Waals surface area contributed by atoms with Gasteiger partial charge in [0, 0.05) is 25.2 Å². The van der Waals surface area contributed by atoms with Gasteiger partial charge in [-0.3, -0.25) is 0 Å². The quantitative estimate of drug-likeness (QED) is 0.808. The molecule has 26 heavy (non-hydrogen) atoms. The zero-order valence-electron chi connectivity index (χ0n) is 15.6. The average Bonchev–Trinajstić information content (AvgIpc) is 3.11. The Kier molecular flexibility index (Phi) is 7.29. The highest BCUT2D eigenvalue weighted by Gasteiger charge is 2.35. The fourth-order valence-corrected chi connectivity index (χ4v) is 3.60. The molecule has 144 valence electrons. The van der Waals surface area contributed by atoms with E-state index in [0.29, 0.717) is 25.8 Å². The van der Waals surface area contributed by atoms with Gasteiger partial charge in [0.05, 0.1) is 6.61 Å². The van der Waals surface area contributed by atoms with Crippen LogP contribution in [0.4, 0.5) is 4.79 Å². The van der Waals surface area contributed by atoms with E-state index in [1.165, 1.54) is 0 Å². The molecule has 2 aliphatic heterocycles. The first-order valence-corrected chi connectivity index (χ1v) is 9.64. The Bertz CT molecular complexity index is 548. The third-order valence-electron chi connectivity index (χ3n) is 5.16. The predicted molar refractivity (Wildman–Crippen MR) is 98.7 cm³/mol. The highest BCUT2D eigenvalue weighted by atomic mass is 16.7. The molecule has 0 aliphatic carbocycles. The van der Waals surface area contributed by atoms with Crippen molar-refractivity contribution in [1.29, 1.82) is 0 Å². The van der Waals surface area contributed by atoms with Crippen LogP contribution < -0.4 is 5.32 Å². The van der Waals surface area contributed by atoms with E-state index < -0.39 is 0 Å². The summed E-state index contributed by atoms with van der Waals surface area (Å²) in [6.07, 6.45) is 4.65. The molecule has 1 amide bonds. The van der Waals surface area contributed by atoms with E-state index >= 15 is 0 Å². The molecule has 0 saturated carbocycles. The summed E-state index contributed by atoms with van der Waals surface area (Å²) in [7, 11) is 1.94. The Morgan fingerprint density at radius 3 is 2.88 bits per heavy atom. The van der Waals surface area contributed by atoms with Gasteiger partial charge in [0.2, 0.25) is 0 Å². The number of nitrogens with one attached hydrogen (secondary N) is 1. The Morgan fingerprint density at radius 1 is 1.31 bits per heavy atom. The molecule has 6 nitrogen and oxygen atoms in total. The van der Waals surface area contributed by atoms with Gasteiger partial charge >= 0.3 is 6.09 Å². The number of likely N-dealkylation sites (N-methyl/N-ethyl adjacent to an activating group) is 1. The van der Waals surface area contributed by atoms with Gasteiger partial charge < -0.3 is 24.4 Å². The number of nitrogens with zero attached hydrogens (tertiary/aromatic N) is 1. The van der Waals surface area contributed by atoms with Gasteiger partial charge in [-0.15, -0.1) is 0 Å². The Labute approximate surface area is 155 Å². The van der Waals surface area contributed by atoms with Crippen LogP contribution in [-0.2, 0) is 20.8 Å². The maximum absolute atomic E-state index is 12.6. The van der Waals surface area contributed by atoms with Gasteiger partial charge in [0.15, 0.2) is 6.29 Å². The van der Waals surface area contributed by atoms with Gasteiger partial charge in [0.25, 0.3) is 0 Å². The molecule has 3 rings (SSSR count). The maximum atomic E-state index is 12.6. The molecule has 1 aromatic rings. The van der Waals surface area contributed by atoms with E-state index in [1.807, 2.05) is 42.3 Å². The van der Waals surface area contributed by atoms with Crippen LogP contribution in [0.5, 0.6) is 0 Å². The molecule has 1 aromatic carbocycles. The molecule has 0 radical (unpaired) electrons. The monoisotopic (exact) mass is 362 g/mol. The summed E-state index contributed by atoms with van der Waals surface area (Å²) in [5, 5.41) is 3.28. The van der Waals surface area contributed by atoms with Crippen LogP contribution in [0.3, 0.4) is 0 Å². The minimum absolute atomic E-state index is 0.0799. The number of benzene rings is 1. The molecular weight excluding hydrogens is 332 g/mol. The number of ether oxygens (including phenoxy) is 3. The summed E-state index contributed by atoms with van der Waals surface area (Å²) in [5.41, 5.74) is 1.000. The lowest BCUT2D eigenvalue weighted by Crippen LogP contribution is -2.38. The first kappa shape index (κ1) is 19.1. The summed E-state index contributed by atoms with van der Waals surface area (Å²) < 4.78 is 17.0. The lowest BCUT2D eigenvalue weighted by molar-refractivity contribution is -0.164. The van der Waals surface area contributed by atoms with Crippen molar-refractivity contribution in [3.8, 4) is 0 Å². The zero-order valence-corrected chi connectivity index (χ0v) is 15.6. The van der Waals surface area contributed by atoms with Crippen LogP contribution in [0.2, 0.25) is 0 Å². The molecule has 0 spiro atoms. The first-order valence-electron chi connectivity index (χ1n) is 9.64. The standard InChI is InChI=1S/C20H30N2O4/c1-21-17-13-18(10-12-25-19-9-5-6-11-24-19)22(14-17)20(23)26-15-16-7-3-2-4-8-16/h2-4,7-8,17-19,21H,5-6,9-15H2,1H3/t17-,18+,19?/m1/s1. The average molecular weight is 362 g/mol. The second-order valence-corrected chi connectivity index (χ2v) is 7.02. The predicted octanol–water partition coefficient (Wildman–Crippen LogP) is 2.92. The molecule has 0 aromatic heterocycles. The Balaban J connectivity index is 1.47. The third kappa shape index (κ3) is 5.43. The van der Waals surface area contributed by atoms with Crippen LogP contribution in [-0.4, -0.2) is 56.2 Å². The normalized spacial score (nSPS) is 26.0. The summed E-state index contributed by atoms with van der Waals surface area (Å²) in [4.78, 5) is 14.4. The molecule has 0 bridgehead atoms. The van der Waals surface area contributed by atoms with E-state index in [2.05, 4.69) is 5.32 Å². The van der Waals surface area contributed by atoms with Crippen molar-refractivity contribution in [3.05, 3.63) is 35.9 Å². The van der Waals surface area contributed by atoms with Crippen LogP contribution in [0.1, 0.15) is 37.7 Å². The van der Waals surface area contributed by atoms with E-state index in [-0.39, 0.29) is 18.4 Å². The number of carbonyl (C=O) groups excluding carboxylic acids is 1. The molecule has 3 atom stereocenters. The summed E-state index contributed by atoms with van der Waals surface area (Å²) in [5.74, 6) is 0. The number of hydrogen-bond acceptors (Lipinski definition) is 5. The van der Waals surface area contributed by atoms with Crippen LogP contribution in [0.15, 0.2) is 30.3 Å². The second-order valence-electron chi connectivity index (χ2n) is 7.02. The van der Waals surface area contributed by atoms with Crippen LogP contribution in [0.25, 0.3) is 0 Å². The topological polar surface area (TPSA) is 60.0 Å².